The van der Waals surface area contributed by atoms with E-state index >= 15 is 0 Å². The van der Waals surface area contributed by atoms with Gasteiger partial charge in [0.2, 0.25) is 0 Å². The van der Waals surface area contributed by atoms with Crippen LogP contribution in [-0.2, 0) is 39.5 Å². The summed E-state index contributed by atoms with van der Waals surface area (Å²) in [4.78, 5) is 0. The van der Waals surface area contributed by atoms with E-state index in [1.807, 2.05) is 19.7 Å². The summed E-state index contributed by atoms with van der Waals surface area (Å²) in [6.07, 6.45) is 11.7. The van der Waals surface area contributed by atoms with Crippen LogP contribution in [0.5, 0.6) is 0 Å². The Hall–Kier alpha value is -2.00. The number of hydrogen-bond acceptors (Lipinski definition) is 0. The molecule has 0 saturated carbocycles. The summed E-state index contributed by atoms with van der Waals surface area (Å²) in [7, 11) is 19.5. The van der Waals surface area contributed by atoms with Crippen LogP contribution in [0.25, 0.3) is 34.4 Å². The number of benzene rings is 4. The minimum absolute atomic E-state index is 0.0493. The van der Waals surface area contributed by atoms with Gasteiger partial charge in [0.1, 0.15) is 0 Å². The standard InChI is InChI=1S/2C23H27.C4H10Si2.2ClH.Zr/c2*1-22(2,3)18-13-17(14-19(15-18)23(4,5)6)21-12-8-10-16-9-7-11-20(16)21;5-3-1-2-4-6;;;/h2*7-15H,1-6H3;3-4H,1-2,5-6H2;2*1H;/q;;;;;+2/p-2. The number of unbranched alkanes of at least 4 members (excludes halogenated alkanes) is 1. The van der Waals surface area contributed by atoms with E-state index in [1.54, 1.807) is 0 Å². The molecule has 2 aliphatic carbocycles. The van der Waals surface area contributed by atoms with E-state index in [2.05, 4.69) is 192 Å². The molecule has 0 amide bonds. The Morgan fingerprint density at radius 3 is 1.09 bits per heavy atom. The zero-order valence-corrected chi connectivity index (χ0v) is 42.4. The van der Waals surface area contributed by atoms with Crippen molar-refractivity contribution in [2.45, 2.75) is 125 Å². The maximum atomic E-state index is 7.81. The van der Waals surface area contributed by atoms with Gasteiger partial charge in [-0.15, -0.1) is 11.3 Å². The minimum Gasteiger partial charge on any atom is -0.109 e. The van der Waals surface area contributed by atoms with Gasteiger partial charge in [-0.05, 0) is 32.6 Å². The maximum absolute atomic E-state index is 7.81. The molecule has 4 aromatic rings. The molecule has 0 bridgehead atoms. The number of rotatable bonds is 7. The van der Waals surface area contributed by atoms with Crippen LogP contribution >= 0.6 is 17.0 Å². The van der Waals surface area contributed by atoms with Crippen molar-refractivity contribution < 1.29 is 17.9 Å². The van der Waals surface area contributed by atoms with Crippen molar-refractivity contribution in [2.75, 3.05) is 0 Å². The summed E-state index contributed by atoms with van der Waals surface area (Å²) in [6.45, 7) is 27.6. The molecule has 0 N–H and O–H groups in total. The van der Waals surface area contributed by atoms with Crippen molar-refractivity contribution >= 4 is 60.2 Å². The number of hydrogen-bond donors (Lipinski definition) is 0. The van der Waals surface area contributed by atoms with Crippen LogP contribution in [0.1, 0.15) is 148 Å². The van der Waals surface area contributed by atoms with E-state index < -0.39 is 17.9 Å². The van der Waals surface area contributed by atoms with Gasteiger partial charge in [-0.25, -0.2) is 0 Å². The van der Waals surface area contributed by atoms with Gasteiger partial charge >= 0.3 is 311 Å². The first-order valence-electron chi connectivity index (χ1n) is 20.0. The normalized spacial score (nSPS) is 16.7. The van der Waals surface area contributed by atoms with Gasteiger partial charge in [0.15, 0.2) is 0 Å². The fourth-order valence-electron chi connectivity index (χ4n) is 7.57. The Bertz CT molecular complexity index is 1910. The summed E-state index contributed by atoms with van der Waals surface area (Å²) in [5.74, 6) is 0. The SMILES string of the molecule is CC(C)(C)c1cc(-c2cccc3c2C=C[CH]3[Zr]([Cl])([Cl])[CH]2C=Cc3c(-c4cc(C(C)(C)C)cc(C(C)(C)C)c4)cccc32)cc(C(C)(C)C)c1.[SiH2]=CCCC=[SiH2]. The molecular formula is C50H64Cl2Si2Zr. The molecule has 0 aliphatic heterocycles. The second kappa shape index (κ2) is 16.7. The largest absolute Gasteiger partial charge is 0.109 e. The van der Waals surface area contributed by atoms with Crippen molar-refractivity contribution in [3.8, 4) is 22.3 Å². The zero-order valence-electron chi connectivity index (χ0n) is 35.6. The first-order chi connectivity index (χ1) is 25.5. The molecule has 0 spiro atoms. The molecular weight excluding hydrogens is 819 g/mol. The predicted molar refractivity (Wildman–Crippen MR) is 252 cm³/mol. The smallest absolute Gasteiger partial charge is 0.0288 e. The minimum atomic E-state index is -3.96. The van der Waals surface area contributed by atoms with Crippen molar-refractivity contribution in [1.29, 1.82) is 0 Å². The molecule has 2 atom stereocenters. The second-order valence-electron chi connectivity index (χ2n) is 19.7. The molecule has 2 unspecified atom stereocenters. The Morgan fingerprint density at radius 1 is 0.509 bits per heavy atom. The number of allylic oxidation sites excluding steroid dienone is 2. The number of halogens is 2. The Morgan fingerprint density at radius 2 is 0.818 bits per heavy atom. The van der Waals surface area contributed by atoms with E-state index in [-0.39, 0.29) is 28.9 Å². The molecule has 0 saturated heterocycles. The average Bonchev–Trinajstić information content (AvgIpc) is 3.75. The van der Waals surface area contributed by atoms with Crippen LogP contribution in [0, 0.1) is 0 Å². The van der Waals surface area contributed by atoms with Crippen molar-refractivity contribution in [3.05, 3.63) is 129 Å². The molecule has 0 radical (unpaired) electrons. The molecule has 0 heterocycles. The van der Waals surface area contributed by atoms with Gasteiger partial charge < -0.3 is 0 Å². The molecule has 6 rings (SSSR count). The van der Waals surface area contributed by atoms with Crippen LogP contribution in [0.4, 0.5) is 0 Å². The van der Waals surface area contributed by atoms with Crippen LogP contribution in [0.15, 0.2) is 84.9 Å². The third-order valence-electron chi connectivity index (χ3n) is 11.2. The van der Waals surface area contributed by atoms with Gasteiger partial charge in [0.25, 0.3) is 0 Å². The van der Waals surface area contributed by atoms with Gasteiger partial charge in [-0.3, -0.25) is 0 Å². The topological polar surface area (TPSA) is 0 Å². The first-order valence-corrected chi connectivity index (χ1v) is 30.8. The maximum Gasteiger partial charge on any atom is -0.0288 e. The third-order valence-corrected chi connectivity index (χ3v) is 24.1. The van der Waals surface area contributed by atoms with Gasteiger partial charge in [0.05, 0.1) is 0 Å². The van der Waals surface area contributed by atoms with E-state index in [9.17, 15) is 0 Å². The Kier molecular flexibility index (Phi) is 13.4. The van der Waals surface area contributed by atoms with Crippen LogP contribution in [-0.4, -0.2) is 31.1 Å². The summed E-state index contributed by atoms with van der Waals surface area (Å²) < 4.78 is 0.114. The van der Waals surface area contributed by atoms with E-state index in [0.717, 1.165) is 0 Å². The van der Waals surface area contributed by atoms with E-state index in [0.29, 0.717) is 0 Å². The molecule has 290 valence electrons. The molecule has 0 fully saturated rings. The molecule has 2 aliphatic rings. The molecule has 5 heteroatoms. The predicted octanol–water partition coefficient (Wildman–Crippen LogP) is 13.1. The monoisotopic (exact) mass is 880 g/mol. The van der Waals surface area contributed by atoms with Crippen molar-refractivity contribution in [2.24, 2.45) is 0 Å². The molecule has 55 heavy (non-hydrogen) atoms. The van der Waals surface area contributed by atoms with Crippen molar-refractivity contribution in [3.63, 3.8) is 0 Å². The summed E-state index contributed by atoms with van der Waals surface area (Å²) >= 11 is -3.96. The first kappa shape index (κ1) is 44.1. The van der Waals surface area contributed by atoms with Gasteiger partial charge in [-0.2, -0.15) is 0 Å². The van der Waals surface area contributed by atoms with Crippen molar-refractivity contribution in [1.82, 2.24) is 0 Å². The number of fused-ring (bicyclic) bond motifs is 2. The second-order valence-corrected chi connectivity index (χ2v) is 35.8. The van der Waals surface area contributed by atoms with Crippen LogP contribution in [0.2, 0.25) is 0 Å². The quantitative estimate of drug-likeness (QED) is 0.128. The Balaban J connectivity index is 0.000000895. The average molecular weight is 883 g/mol. The summed E-state index contributed by atoms with van der Waals surface area (Å²) in [5, 5.41) is 0. The zero-order chi connectivity index (χ0) is 40.7. The van der Waals surface area contributed by atoms with E-state index in [1.165, 1.54) is 79.6 Å². The van der Waals surface area contributed by atoms with Gasteiger partial charge in [0, 0.05) is 0 Å². The molecule has 0 nitrogen and oxygen atoms in total. The van der Waals surface area contributed by atoms with Crippen LogP contribution < -0.4 is 0 Å². The van der Waals surface area contributed by atoms with Crippen LogP contribution in [0.3, 0.4) is 0 Å². The summed E-state index contributed by atoms with van der Waals surface area (Å²) in [6, 6.07) is 27.8. The van der Waals surface area contributed by atoms with Gasteiger partial charge in [-0.1, -0.05) is 0 Å². The van der Waals surface area contributed by atoms with E-state index in [4.69, 9.17) is 17.0 Å². The fourth-order valence-corrected chi connectivity index (χ4v) is 18.5. The molecule has 4 aromatic carbocycles. The summed E-state index contributed by atoms with van der Waals surface area (Å²) in [5.41, 5.74) is 20.2. The Labute approximate surface area is 351 Å². The molecule has 0 aromatic heterocycles. The fraction of sp³-hybridized carbons (Fsp3) is 0.400. The third kappa shape index (κ3) is 9.83.